The molecule has 0 amide bonds. The molecule has 0 unspecified atom stereocenters. The van der Waals surface area contributed by atoms with E-state index < -0.39 is 0 Å². The topological polar surface area (TPSA) is 69.1 Å². The van der Waals surface area contributed by atoms with Crippen LogP contribution in [0.2, 0.25) is 0 Å². The summed E-state index contributed by atoms with van der Waals surface area (Å²) < 4.78 is 1.82. The Morgan fingerprint density at radius 2 is 2.06 bits per heavy atom. The molecule has 0 aliphatic heterocycles. The molecule has 0 spiro atoms. The minimum Gasteiger partial charge on any atom is -0.398 e. The van der Waals surface area contributed by atoms with Gasteiger partial charge in [-0.25, -0.2) is 4.98 Å². The monoisotopic (exact) mass is 225 g/mol. The molecule has 5 heteroatoms. The molecule has 2 N–H and O–H groups in total. The Morgan fingerprint density at radius 1 is 1.18 bits per heavy atom. The first kappa shape index (κ1) is 9.77. The van der Waals surface area contributed by atoms with Crippen molar-refractivity contribution in [3.63, 3.8) is 0 Å². The third kappa shape index (κ3) is 1.44. The van der Waals surface area contributed by atoms with E-state index in [1.54, 1.807) is 12.5 Å². The molecule has 0 saturated carbocycles. The number of anilines is 1. The van der Waals surface area contributed by atoms with E-state index in [9.17, 15) is 0 Å². The van der Waals surface area contributed by atoms with Crippen molar-refractivity contribution in [2.45, 2.75) is 6.92 Å². The number of hydrogen-bond acceptors (Lipinski definition) is 4. The van der Waals surface area contributed by atoms with Gasteiger partial charge in [0.25, 0.3) is 0 Å². The number of rotatable bonds is 1. The van der Waals surface area contributed by atoms with Gasteiger partial charge in [-0.2, -0.15) is 0 Å². The number of nitrogens with two attached hydrogens (primary N) is 1. The lowest BCUT2D eigenvalue weighted by Crippen LogP contribution is -1.97. The third-order valence-corrected chi connectivity index (χ3v) is 2.78. The van der Waals surface area contributed by atoms with Crippen molar-refractivity contribution in [3.05, 3.63) is 42.4 Å². The molecule has 17 heavy (non-hydrogen) atoms. The maximum Gasteiger partial charge on any atom is 0.171 e. The summed E-state index contributed by atoms with van der Waals surface area (Å²) in [4.78, 5) is 4.07. The van der Waals surface area contributed by atoms with Crippen molar-refractivity contribution < 1.29 is 0 Å². The van der Waals surface area contributed by atoms with Crippen molar-refractivity contribution in [2.75, 3.05) is 5.73 Å². The van der Waals surface area contributed by atoms with Crippen molar-refractivity contribution in [3.8, 4) is 11.4 Å². The second-order valence-corrected chi connectivity index (χ2v) is 3.87. The number of nitrogens with zero attached hydrogens (tertiary/aromatic N) is 4. The van der Waals surface area contributed by atoms with Crippen molar-refractivity contribution in [2.24, 2.45) is 0 Å². The summed E-state index contributed by atoms with van der Waals surface area (Å²) in [5.74, 6) is 0.717. The van der Waals surface area contributed by atoms with Crippen LogP contribution >= 0.6 is 0 Å². The van der Waals surface area contributed by atoms with Crippen LogP contribution in [0.25, 0.3) is 17.0 Å². The van der Waals surface area contributed by atoms with Crippen LogP contribution in [0.5, 0.6) is 0 Å². The Morgan fingerprint density at radius 3 is 2.94 bits per heavy atom. The number of aryl methyl sites for hydroxylation is 1. The zero-order chi connectivity index (χ0) is 11.8. The molecule has 5 nitrogen and oxygen atoms in total. The van der Waals surface area contributed by atoms with Gasteiger partial charge in [0.15, 0.2) is 11.5 Å². The Bertz CT molecular complexity index is 686. The molecular formula is C12H11N5. The summed E-state index contributed by atoms with van der Waals surface area (Å²) in [5, 5.41) is 8.24. The molecule has 0 atom stereocenters. The highest BCUT2D eigenvalue weighted by molar-refractivity contribution is 5.75. The largest absolute Gasteiger partial charge is 0.398 e. The molecule has 1 aromatic carbocycles. The fraction of sp³-hybridized carbons (Fsp3) is 0.0833. The average Bonchev–Trinajstić information content (AvgIpc) is 2.77. The highest BCUT2D eigenvalue weighted by Crippen LogP contribution is 2.26. The van der Waals surface area contributed by atoms with E-state index in [4.69, 9.17) is 5.73 Å². The molecule has 3 aromatic rings. The maximum atomic E-state index is 6.06. The van der Waals surface area contributed by atoms with Gasteiger partial charge in [0.2, 0.25) is 0 Å². The molecule has 0 fully saturated rings. The lowest BCUT2D eigenvalue weighted by molar-refractivity contribution is 1.08. The molecule has 0 bridgehead atoms. The van der Waals surface area contributed by atoms with Crippen LogP contribution in [-0.4, -0.2) is 19.6 Å². The lowest BCUT2D eigenvalue weighted by atomic mass is 10.1. The fourth-order valence-corrected chi connectivity index (χ4v) is 1.81. The number of para-hydroxylation sites is 1. The maximum absolute atomic E-state index is 6.06. The SMILES string of the molecule is Cc1cccc(-c2nnc3ccncn23)c1N. The van der Waals surface area contributed by atoms with Crippen LogP contribution in [-0.2, 0) is 0 Å². The first-order valence-electron chi connectivity index (χ1n) is 5.27. The highest BCUT2D eigenvalue weighted by Gasteiger charge is 2.11. The molecule has 84 valence electrons. The zero-order valence-electron chi connectivity index (χ0n) is 9.33. The van der Waals surface area contributed by atoms with Crippen LogP contribution < -0.4 is 5.73 Å². The van der Waals surface area contributed by atoms with E-state index in [1.165, 1.54) is 0 Å². The zero-order valence-corrected chi connectivity index (χ0v) is 9.33. The quantitative estimate of drug-likeness (QED) is 0.640. The van der Waals surface area contributed by atoms with Gasteiger partial charge in [0.05, 0.1) is 0 Å². The number of aromatic nitrogens is 4. The third-order valence-electron chi connectivity index (χ3n) is 2.78. The lowest BCUT2D eigenvalue weighted by Gasteiger charge is -2.06. The highest BCUT2D eigenvalue weighted by atomic mass is 15.3. The smallest absolute Gasteiger partial charge is 0.171 e. The second-order valence-electron chi connectivity index (χ2n) is 3.87. The van der Waals surface area contributed by atoms with Crippen LogP contribution in [0, 0.1) is 6.92 Å². The van der Waals surface area contributed by atoms with Gasteiger partial charge >= 0.3 is 0 Å². The van der Waals surface area contributed by atoms with Gasteiger partial charge in [-0.15, -0.1) is 10.2 Å². The standard InChI is InChI=1S/C12H11N5/c1-8-3-2-4-9(11(8)13)12-16-15-10-5-6-14-7-17(10)12/h2-7H,13H2,1H3. The minimum atomic E-state index is 0.717. The van der Waals surface area contributed by atoms with E-state index in [2.05, 4.69) is 15.2 Å². The van der Waals surface area contributed by atoms with Crippen molar-refractivity contribution >= 4 is 11.3 Å². The minimum absolute atomic E-state index is 0.717. The molecule has 2 heterocycles. The van der Waals surface area contributed by atoms with Gasteiger partial charge in [0, 0.05) is 23.5 Å². The first-order chi connectivity index (χ1) is 8.27. The summed E-state index contributed by atoms with van der Waals surface area (Å²) >= 11 is 0. The predicted molar refractivity (Wildman–Crippen MR) is 65.4 cm³/mol. The number of benzene rings is 1. The Balaban J connectivity index is 2.31. The van der Waals surface area contributed by atoms with E-state index in [1.807, 2.05) is 35.6 Å². The summed E-state index contributed by atoms with van der Waals surface area (Å²) in [7, 11) is 0. The fourth-order valence-electron chi connectivity index (χ4n) is 1.81. The number of fused-ring (bicyclic) bond motifs is 1. The molecule has 2 aromatic heterocycles. The molecular weight excluding hydrogens is 214 g/mol. The molecule has 0 radical (unpaired) electrons. The number of nitrogen functional groups attached to an aromatic ring is 1. The van der Waals surface area contributed by atoms with Gasteiger partial charge < -0.3 is 5.73 Å². The van der Waals surface area contributed by atoms with Crippen LogP contribution in [0.15, 0.2) is 36.8 Å². The van der Waals surface area contributed by atoms with Crippen LogP contribution in [0.4, 0.5) is 5.69 Å². The van der Waals surface area contributed by atoms with Crippen molar-refractivity contribution in [1.29, 1.82) is 0 Å². The van der Waals surface area contributed by atoms with Crippen LogP contribution in [0.3, 0.4) is 0 Å². The molecule has 3 rings (SSSR count). The van der Waals surface area contributed by atoms with Gasteiger partial charge in [-0.05, 0) is 18.6 Å². The average molecular weight is 225 g/mol. The van der Waals surface area contributed by atoms with Gasteiger partial charge in [-0.3, -0.25) is 4.40 Å². The predicted octanol–water partition coefficient (Wildman–Crippen LogP) is 1.68. The van der Waals surface area contributed by atoms with Crippen LogP contribution in [0.1, 0.15) is 5.56 Å². The number of hydrogen-bond donors (Lipinski definition) is 1. The van der Waals surface area contributed by atoms with E-state index in [0.717, 1.165) is 22.5 Å². The van der Waals surface area contributed by atoms with Gasteiger partial charge in [0.1, 0.15) is 6.33 Å². The molecule has 0 saturated heterocycles. The Hall–Kier alpha value is -2.43. The van der Waals surface area contributed by atoms with E-state index in [-0.39, 0.29) is 0 Å². The van der Waals surface area contributed by atoms with Crippen molar-refractivity contribution in [1.82, 2.24) is 19.6 Å². The summed E-state index contributed by atoms with van der Waals surface area (Å²) in [6.07, 6.45) is 3.37. The summed E-state index contributed by atoms with van der Waals surface area (Å²) in [6, 6.07) is 7.67. The van der Waals surface area contributed by atoms with Gasteiger partial charge in [-0.1, -0.05) is 12.1 Å². The van der Waals surface area contributed by atoms with E-state index in [0.29, 0.717) is 5.82 Å². The Kier molecular flexibility index (Phi) is 2.04. The first-order valence-corrected chi connectivity index (χ1v) is 5.27. The molecule has 0 aliphatic carbocycles. The molecule has 0 aliphatic rings. The Labute approximate surface area is 97.9 Å². The summed E-state index contributed by atoms with van der Waals surface area (Å²) in [6.45, 7) is 1.97. The van der Waals surface area contributed by atoms with E-state index >= 15 is 0 Å². The second kappa shape index (κ2) is 3.55. The summed E-state index contributed by atoms with van der Waals surface area (Å²) in [5.41, 5.74) is 9.46. The normalized spacial score (nSPS) is 10.9.